The highest BCUT2D eigenvalue weighted by atomic mass is 35.5. The van der Waals surface area contributed by atoms with E-state index in [1.807, 2.05) is 31.2 Å². The van der Waals surface area contributed by atoms with E-state index in [9.17, 15) is 14.7 Å². The summed E-state index contributed by atoms with van der Waals surface area (Å²) in [7, 11) is 0. The molecule has 1 N–H and O–H groups in total. The van der Waals surface area contributed by atoms with E-state index in [-0.39, 0.29) is 11.9 Å². The number of likely N-dealkylation sites (tertiary alicyclic amines) is 1. The topological polar surface area (TPSA) is 57.6 Å². The Bertz CT molecular complexity index is 529. The summed E-state index contributed by atoms with van der Waals surface area (Å²) >= 11 is 5.84. The molecule has 2 rings (SSSR count). The van der Waals surface area contributed by atoms with Gasteiger partial charge in [0.2, 0.25) is 5.91 Å². The standard InChI is InChI=1S/C17H22ClNO3/c1-12-15(17(21)22)5-3-11-19(12)16(20)6-2-4-13-7-9-14(18)10-8-13/h7-10,12,15H,2-6,11H2,1H3,(H,21,22)/t12-,15-/m1/s1. The van der Waals surface area contributed by atoms with Gasteiger partial charge in [0.15, 0.2) is 0 Å². The maximum absolute atomic E-state index is 12.3. The molecule has 1 aromatic rings. The second-order valence-electron chi connectivity index (χ2n) is 5.89. The lowest BCUT2D eigenvalue weighted by molar-refractivity contribution is -0.149. The minimum absolute atomic E-state index is 0.0624. The number of carbonyl (C=O) groups excluding carboxylic acids is 1. The van der Waals surface area contributed by atoms with Crippen molar-refractivity contribution in [2.24, 2.45) is 5.92 Å². The summed E-state index contributed by atoms with van der Waals surface area (Å²) in [6.07, 6.45) is 3.48. The zero-order valence-corrected chi connectivity index (χ0v) is 13.6. The molecular formula is C17H22ClNO3. The average Bonchev–Trinajstić information content (AvgIpc) is 2.49. The van der Waals surface area contributed by atoms with Gasteiger partial charge in [-0.15, -0.1) is 0 Å². The van der Waals surface area contributed by atoms with Crippen molar-refractivity contribution in [3.8, 4) is 0 Å². The predicted molar refractivity (Wildman–Crippen MR) is 85.9 cm³/mol. The molecular weight excluding hydrogens is 302 g/mol. The fourth-order valence-electron chi connectivity index (χ4n) is 3.06. The highest BCUT2D eigenvalue weighted by Gasteiger charge is 2.34. The summed E-state index contributed by atoms with van der Waals surface area (Å²) in [5.74, 6) is -1.17. The Hall–Kier alpha value is -1.55. The lowest BCUT2D eigenvalue weighted by Gasteiger charge is -2.37. The third kappa shape index (κ3) is 4.23. The number of nitrogens with zero attached hydrogens (tertiary/aromatic N) is 1. The maximum atomic E-state index is 12.3. The number of piperidine rings is 1. The summed E-state index contributed by atoms with van der Waals surface area (Å²) in [6, 6.07) is 7.42. The normalized spacial score (nSPS) is 21.6. The largest absolute Gasteiger partial charge is 0.481 e. The van der Waals surface area contributed by atoms with Crippen molar-refractivity contribution in [2.75, 3.05) is 6.54 Å². The molecule has 1 heterocycles. The van der Waals surface area contributed by atoms with Crippen LogP contribution in [0.1, 0.15) is 38.2 Å². The van der Waals surface area contributed by atoms with E-state index in [2.05, 4.69) is 0 Å². The summed E-state index contributed by atoms with van der Waals surface area (Å²) < 4.78 is 0. The molecule has 1 fully saturated rings. The molecule has 0 aliphatic carbocycles. The number of aryl methyl sites for hydroxylation is 1. The number of hydrogen-bond acceptors (Lipinski definition) is 2. The van der Waals surface area contributed by atoms with Crippen LogP contribution in [0.4, 0.5) is 0 Å². The molecule has 22 heavy (non-hydrogen) atoms. The number of rotatable bonds is 5. The van der Waals surface area contributed by atoms with Crippen LogP contribution in [0.3, 0.4) is 0 Å². The zero-order valence-electron chi connectivity index (χ0n) is 12.8. The van der Waals surface area contributed by atoms with Gasteiger partial charge in [0.1, 0.15) is 0 Å². The summed E-state index contributed by atoms with van der Waals surface area (Å²) in [4.78, 5) is 25.3. The summed E-state index contributed by atoms with van der Waals surface area (Å²) in [5, 5.41) is 9.92. The van der Waals surface area contributed by atoms with Crippen molar-refractivity contribution < 1.29 is 14.7 Å². The lowest BCUT2D eigenvalue weighted by atomic mass is 9.90. The van der Waals surface area contributed by atoms with Gasteiger partial charge >= 0.3 is 5.97 Å². The van der Waals surface area contributed by atoms with Crippen molar-refractivity contribution in [2.45, 2.75) is 45.1 Å². The smallest absolute Gasteiger partial charge is 0.308 e. The fraction of sp³-hybridized carbons (Fsp3) is 0.529. The predicted octanol–water partition coefficient (Wildman–Crippen LogP) is 3.37. The summed E-state index contributed by atoms with van der Waals surface area (Å²) in [5.41, 5.74) is 1.16. The van der Waals surface area contributed by atoms with Gasteiger partial charge in [-0.05, 0) is 50.3 Å². The molecule has 0 spiro atoms. The van der Waals surface area contributed by atoms with E-state index >= 15 is 0 Å². The van der Waals surface area contributed by atoms with Crippen LogP contribution in [0.25, 0.3) is 0 Å². The second-order valence-corrected chi connectivity index (χ2v) is 6.33. The number of aliphatic carboxylic acids is 1. The van der Waals surface area contributed by atoms with Crippen LogP contribution in [0.5, 0.6) is 0 Å². The Morgan fingerprint density at radius 3 is 2.64 bits per heavy atom. The van der Waals surface area contributed by atoms with Crippen LogP contribution in [-0.2, 0) is 16.0 Å². The number of amides is 1. The van der Waals surface area contributed by atoms with Gasteiger partial charge in [0.25, 0.3) is 0 Å². The molecule has 2 atom stereocenters. The SMILES string of the molecule is C[C@@H]1[C@H](C(=O)O)CCCN1C(=O)CCCc1ccc(Cl)cc1. The van der Waals surface area contributed by atoms with Crippen LogP contribution < -0.4 is 0 Å². The number of halogens is 1. The Morgan fingerprint density at radius 2 is 2.00 bits per heavy atom. The van der Waals surface area contributed by atoms with Gasteiger partial charge in [0.05, 0.1) is 5.92 Å². The molecule has 1 aliphatic heterocycles. The van der Waals surface area contributed by atoms with Crippen molar-refractivity contribution in [1.82, 2.24) is 4.90 Å². The van der Waals surface area contributed by atoms with E-state index in [0.29, 0.717) is 24.4 Å². The first-order valence-corrected chi connectivity index (χ1v) is 8.13. The first-order valence-electron chi connectivity index (χ1n) is 7.75. The van der Waals surface area contributed by atoms with Crippen molar-refractivity contribution in [3.05, 3.63) is 34.9 Å². The third-order valence-electron chi connectivity index (χ3n) is 4.39. The monoisotopic (exact) mass is 323 g/mol. The van der Waals surface area contributed by atoms with E-state index in [4.69, 9.17) is 11.6 Å². The molecule has 0 unspecified atom stereocenters. The quantitative estimate of drug-likeness (QED) is 0.903. The van der Waals surface area contributed by atoms with E-state index in [1.54, 1.807) is 4.90 Å². The molecule has 1 amide bonds. The van der Waals surface area contributed by atoms with Gasteiger partial charge in [-0.25, -0.2) is 0 Å². The second kappa shape index (κ2) is 7.63. The molecule has 0 radical (unpaired) electrons. The molecule has 1 aliphatic rings. The Labute approximate surface area is 136 Å². The highest BCUT2D eigenvalue weighted by Crippen LogP contribution is 2.24. The lowest BCUT2D eigenvalue weighted by Crippen LogP contribution is -2.49. The van der Waals surface area contributed by atoms with Gasteiger partial charge < -0.3 is 10.0 Å². The van der Waals surface area contributed by atoms with Crippen molar-refractivity contribution in [3.63, 3.8) is 0 Å². The first-order chi connectivity index (χ1) is 10.5. The fourth-order valence-corrected chi connectivity index (χ4v) is 3.19. The van der Waals surface area contributed by atoms with Gasteiger partial charge in [-0.2, -0.15) is 0 Å². The minimum atomic E-state index is -0.800. The van der Waals surface area contributed by atoms with Gasteiger partial charge in [-0.1, -0.05) is 23.7 Å². The minimum Gasteiger partial charge on any atom is -0.481 e. The van der Waals surface area contributed by atoms with Crippen LogP contribution >= 0.6 is 11.6 Å². The van der Waals surface area contributed by atoms with Gasteiger partial charge in [0, 0.05) is 24.0 Å². The summed E-state index contributed by atoms with van der Waals surface area (Å²) in [6.45, 7) is 2.51. The number of hydrogen-bond donors (Lipinski definition) is 1. The Kier molecular flexibility index (Phi) is 5.83. The average molecular weight is 324 g/mol. The van der Waals surface area contributed by atoms with Crippen molar-refractivity contribution >= 4 is 23.5 Å². The maximum Gasteiger partial charge on any atom is 0.308 e. The number of carboxylic acids is 1. The molecule has 120 valence electrons. The Morgan fingerprint density at radius 1 is 1.32 bits per heavy atom. The van der Waals surface area contributed by atoms with Crippen LogP contribution in [0, 0.1) is 5.92 Å². The molecule has 5 heteroatoms. The van der Waals surface area contributed by atoms with Crippen LogP contribution in [0.2, 0.25) is 5.02 Å². The molecule has 1 aromatic carbocycles. The number of carbonyl (C=O) groups is 2. The highest BCUT2D eigenvalue weighted by molar-refractivity contribution is 6.30. The van der Waals surface area contributed by atoms with E-state index in [0.717, 1.165) is 24.8 Å². The van der Waals surface area contributed by atoms with Crippen LogP contribution in [0.15, 0.2) is 24.3 Å². The number of carboxylic acid groups (broad SMARTS) is 1. The molecule has 0 aromatic heterocycles. The van der Waals surface area contributed by atoms with Crippen molar-refractivity contribution in [1.29, 1.82) is 0 Å². The molecule has 0 bridgehead atoms. The van der Waals surface area contributed by atoms with Gasteiger partial charge in [-0.3, -0.25) is 9.59 Å². The molecule has 0 saturated carbocycles. The first kappa shape index (κ1) is 16.8. The van der Waals surface area contributed by atoms with E-state index < -0.39 is 11.9 Å². The molecule has 1 saturated heterocycles. The van der Waals surface area contributed by atoms with Crippen LogP contribution in [-0.4, -0.2) is 34.5 Å². The third-order valence-corrected chi connectivity index (χ3v) is 4.65. The Balaban J connectivity index is 1.83. The molecule has 4 nitrogen and oxygen atoms in total. The van der Waals surface area contributed by atoms with E-state index in [1.165, 1.54) is 0 Å². The zero-order chi connectivity index (χ0) is 16.1. The number of benzene rings is 1.